The minimum atomic E-state index is 0. The Kier molecular flexibility index (Phi) is 12.9. The van der Waals surface area contributed by atoms with Gasteiger partial charge in [0, 0.05) is 47.0 Å². The molecule has 1 saturated heterocycles. The van der Waals surface area contributed by atoms with Gasteiger partial charge in [-0.2, -0.15) is 0 Å². The molecule has 0 bridgehead atoms. The fraction of sp³-hybridized carbons (Fsp3) is 0.950. The summed E-state index contributed by atoms with van der Waals surface area (Å²) in [6.45, 7) is 7.09. The van der Waals surface area contributed by atoms with Crippen LogP contribution >= 0.6 is 24.0 Å². The minimum Gasteiger partial charge on any atom is -0.385 e. The molecule has 6 heteroatoms. The molecule has 26 heavy (non-hydrogen) atoms. The third-order valence-corrected chi connectivity index (χ3v) is 5.89. The third-order valence-electron chi connectivity index (χ3n) is 5.89. The van der Waals surface area contributed by atoms with Crippen molar-refractivity contribution in [2.75, 3.05) is 47.0 Å². The highest BCUT2D eigenvalue weighted by Gasteiger charge is 2.24. The molecule has 2 rings (SSSR count). The van der Waals surface area contributed by atoms with Crippen molar-refractivity contribution >= 4 is 29.9 Å². The molecule has 1 heterocycles. The predicted octanol–water partition coefficient (Wildman–Crippen LogP) is 3.91. The number of likely N-dealkylation sites (tertiary alicyclic amines) is 1. The number of hydrogen-bond acceptors (Lipinski definition) is 3. The van der Waals surface area contributed by atoms with Gasteiger partial charge in [-0.15, -0.1) is 24.0 Å². The molecule has 2 aliphatic rings. The fourth-order valence-electron chi connectivity index (χ4n) is 4.10. The largest absolute Gasteiger partial charge is 0.385 e. The molecule has 0 aromatic rings. The maximum absolute atomic E-state index is 5.96. The van der Waals surface area contributed by atoms with E-state index in [0.29, 0.717) is 6.10 Å². The molecule has 5 nitrogen and oxygen atoms in total. The molecule has 0 amide bonds. The molecular weight excluding hydrogens is 441 g/mol. The number of ether oxygens (including phenoxy) is 2. The summed E-state index contributed by atoms with van der Waals surface area (Å²) in [5, 5.41) is 3.64. The maximum Gasteiger partial charge on any atom is 0.193 e. The summed E-state index contributed by atoms with van der Waals surface area (Å²) in [5.74, 6) is 2.87. The summed E-state index contributed by atoms with van der Waals surface area (Å²) >= 11 is 0. The van der Waals surface area contributed by atoms with Gasteiger partial charge >= 0.3 is 0 Å². The Bertz CT molecular complexity index is 379. The van der Waals surface area contributed by atoms with E-state index in [-0.39, 0.29) is 24.0 Å². The molecule has 2 fully saturated rings. The lowest BCUT2D eigenvalue weighted by atomic mass is 9.81. The van der Waals surface area contributed by atoms with Gasteiger partial charge in [0.25, 0.3) is 0 Å². The average molecular weight is 481 g/mol. The summed E-state index contributed by atoms with van der Waals surface area (Å²) in [7, 11) is 3.65. The van der Waals surface area contributed by atoms with Crippen LogP contribution in [0.3, 0.4) is 0 Å². The van der Waals surface area contributed by atoms with Crippen molar-refractivity contribution in [2.45, 2.75) is 64.4 Å². The van der Waals surface area contributed by atoms with E-state index in [9.17, 15) is 0 Å². The highest BCUT2D eigenvalue weighted by Crippen LogP contribution is 2.30. The molecule has 1 saturated carbocycles. The first kappa shape index (κ1) is 24.0. The summed E-state index contributed by atoms with van der Waals surface area (Å²) < 4.78 is 11.0. The topological polar surface area (TPSA) is 46.1 Å². The van der Waals surface area contributed by atoms with Crippen LogP contribution < -0.4 is 5.32 Å². The van der Waals surface area contributed by atoms with E-state index in [0.717, 1.165) is 69.9 Å². The highest BCUT2D eigenvalue weighted by atomic mass is 127. The summed E-state index contributed by atoms with van der Waals surface area (Å²) in [4.78, 5) is 6.91. The Morgan fingerprint density at radius 3 is 2.27 bits per heavy atom. The van der Waals surface area contributed by atoms with Crippen molar-refractivity contribution in [1.29, 1.82) is 0 Å². The SMILES string of the molecule is CCC1CCC(CNC(=NC)N2CCC(OCCCOC)CC2)CC1.I. The molecule has 1 aliphatic carbocycles. The molecule has 0 unspecified atom stereocenters. The third kappa shape index (κ3) is 8.30. The van der Waals surface area contributed by atoms with E-state index in [1.165, 1.54) is 32.1 Å². The lowest BCUT2D eigenvalue weighted by molar-refractivity contribution is 0.00987. The molecule has 0 radical (unpaired) electrons. The monoisotopic (exact) mass is 481 g/mol. The Hall–Kier alpha value is -0.0800. The second-order valence-corrected chi connectivity index (χ2v) is 7.63. The van der Waals surface area contributed by atoms with Crippen LogP contribution in [0, 0.1) is 11.8 Å². The van der Waals surface area contributed by atoms with Crippen molar-refractivity contribution < 1.29 is 9.47 Å². The second-order valence-electron chi connectivity index (χ2n) is 7.63. The van der Waals surface area contributed by atoms with Gasteiger partial charge in [0.2, 0.25) is 0 Å². The summed E-state index contributed by atoms with van der Waals surface area (Å²) in [6.07, 6.45) is 10.5. The number of hydrogen-bond donors (Lipinski definition) is 1. The molecule has 0 aromatic carbocycles. The van der Waals surface area contributed by atoms with Gasteiger partial charge in [0.05, 0.1) is 6.10 Å². The number of rotatable bonds is 8. The van der Waals surface area contributed by atoms with Gasteiger partial charge in [-0.25, -0.2) is 0 Å². The summed E-state index contributed by atoms with van der Waals surface area (Å²) in [6, 6.07) is 0. The van der Waals surface area contributed by atoms with Gasteiger partial charge in [-0.1, -0.05) is 26.2 Å². The van der Waals surface area contributed by atoms with E-state index in [1.807, 2.05) is 7.05 Å². The van der Waals surface area contributed by atoms with Crippen LogP contribution in [-0.2, 0) is 9.47 Å². The van der Waals surface area contributed by atoms with Crippen LogP contribution in [0.5, 0.6) is 0 Å². The molecule has 0 atom stereocenters. The van der Waals surface area contributed by atoms with Gasteiger partial charge in [-0.3, -0.25) is 4.99 Å². The molecule has 154 valence electrons. The van der Waals surface area contributed by atoms with Crippen LogP contribution in [0.4, 0.5) is 0 Å². The Labute approximate surface area is 177 Å². The van der Waals surface area contributed by atoms with Gasteiger partial charge in [0.15, 0.2) is 5.96 Å². The zero-order valence-electron chi connectivity index (χ0n) is 17.0. The Morgan fingerprint density at radius 2 is 1.69 bits per heavy atom. The first-order chi connectivity index (χ1) is 12.3. The van der Waals surface area contributed by atoms with Crippen molar-refractivity contribution in [3.05, 3.63) is 0 Å². The average Bonchev–Trinajstić information content (AvgIpc) is 2.67. The van der Waals surface area contributed by atoms with Crippen molar-refractivity contribution in [3.8, 4) is 0 Å². The number of methoxy groups -OCH3 is 1. The number of piperidine rings is 1. The normalized spacial score (nSPS) is 25.0. The number of guanidine groups is 1. The summed E-state index contributed by atoms with van der Waals surface area (Å²) in [5.41, 5.74) is 0. The van der Waals surface area contributed by atoms with Gasteiger partial charge in [-0.05, 0) is 43.9 Å². The Morgan fingerprint density at radius 1 is 1.04 bits per heavy atom. The van der Waals surface area contributed by atoms with Gasteiger partial charge in [0.1, 0.15) is 0 Å². The van der Waals surface area contributed by atoms with E-state index >= 15 is 0 Å². The van der Waals surface area contributed by atoms with Crippen LogP contribution in [-0.4, -0.2) is 64.0 Å². The molecule has 0 aromatic heterocycles. The zero-order valence-corrected chi connectivity index (χ0v) is 19.4. The smallest absolute Gasteiger partial charge is 0.193 e. The lowest BCUT2D eigenvalue weighted by Crippen LogP contribution is -2.48. The Balaban J connectivity index is 0.00000338. The van der Waals surface area contributed by atoms with Gasteiger partial charge < -0.3 is 19.7 Å². The van der Waals surface area contributed by atoms with E-state index in [1.54, 1.807) is 7.11 Å². The first-order valence-corrected chi connectivity index (χ1v) is 10.3. The van der Waals surface area contributed by atoms with E-state index < -0.39 is 0 Å². The lowest BCUT2D eigenvalue weighted by Gasteiger charge is -2.35. The van der Waals surface area contributed by atoms with Crippen molar-refractivity contribution in [2.24, 2.45) is 16.8 Å². The van der Waals surface area contributed by atoms with Crippen molar-refractivity contribution in [3.63, 3.8) is 0 Å². The number of halogens is 1. The number of aliphatic imine (C=N–C) groups is 1. The van der Waals surface area contributed by atoms with E-state index in [4.69, 9.17) is 9.47 Å². The highest BCUT2D eigenvalue weighted by molar-refractivity contribution is 14.0. The molecule has 1 N–H and O–H groups in total. The van der Waals surface area contributed by atoms with Crippen LogP contribution in [0.25, 0.3) is 0 Å². The van der Waals surface area contributed by atoms with Crippen LogP contribution in [0.15, 0.2) is 4.99 Å². The van der Waals surface area contributed by atoms with Crippen LogP contribution in [0.1, 0.15) is 58.3 Å². The quantitative estimate of drug-likeness (QED) is 0.247. The second kappa shape index (κ2) is 14.0. The molecular formula is C20H40IN3O2. The first-order valence-electron chi connectivity index (χ1n) is 10.3. The van der Waals surface area contributed by atoms with Crippen LogP contribution in [0.2, 0.25) is 0 Å². The minimum absolute atomic E-state index is 0. The number of nitrogens with zero attached hydrogens (tertiary/aromatic N) is 2. The fourth-order valence-corrected chi connectivity index (χ4v) is 4.10. The standard InChI is InChI=1S/C20H39N3O2.HI/c1-4-17-6-8-18(9-7-17)16-22-20(21-2)23-12-10-19(11-13-23)25-15-5-14-24-3;/h17-19H,4-16H2,1-3H3,(H,21,22);1H. The zero-order chi connectivity index (χ0) is 17.9. The van der Waals surface area contributed by atoms with Crippen molar-refractivity contribution in [1.82, 2.24) is 10.2 Å². The predicted molar refractivity (Wildman–Crippen MR) is 120 cm³/mol. The molecule has 1 aliphatic heterocycles. The van der Waals surface area contributed by atoms with E-state index in [2.05, 4.69) is 22.1 Å². The maximum atomic E-state index is 5.96. The molecule has 0 spiro atoms. The number of nitrogens with one attached hydrogen (secondary N) is 1.